The zero-order chi connectivity index (χ0) is 13.9. The number of aromatic nitrogens is 1. The lowest BCUT2D eigenvalue weighted by atomic mass is 9.81. The van der Waals surface area contributed by atoms with Gasteiger partial charge in [-0.25, -0.2) is 13.8 Å². The van der Waals surface area contributed by atoms with E-state index in [0.29, 0.717) is 11.0 Å². The smallest absolute Gasteiger partial charge is 0.180 e. The SMILES string of the molecule is Nc1nc2c(s1)C1CCC2CN1c1ccc(F)c(F)c1. The van der Waals surface area contributed by atoms with Crippen LogP contribution >= 0.6 is 11.3 Å². The molecule has 0 saturated carbocycles. The average molecular weight is 293 g/mol. The molecular formula is C14H13F2N3S. The van der Waals surface area contributed by atoms with E-state index in [0.717, 1.165) is 30.8 Å². The molecule has 3 aliphatic rings. The highest BCUT2D eigenvalue weighted by Gasteiger charge is 2.41. The predicted octanol–water partition coefficient (Wildman–Crippen LogP) is 3.44. The summed E-state index contributed by atoms with van der Waals surface area (Å²) in [6.45, 7) is 0.798. The van der Waals surface area contributed by atoms with Crippen molar-refractivity contribution in [2.75, 3.05) is 17.2 Å². The Hall–Kier alpha value is -1.69. The highest BCUT2D eigenvalue weighted by atomic mass is 32.1. The van der Waals surface area contributed by atoms with Gasteiger partial charge in [0.1, 0.15) is 0 Å². The Kier molecular flexibility index (Phi) is 2.51. The Morgan fingerprint density at radius 3 is 2.90 bits per heavy atom. The van der Waals surface area contributed by atoms with Gasteiger partial charge < -0.3 is 10.6 Å². The van der Waals surface area contributed by atoms with Crippen molar-refractivity contribution in [3.8, 4) is 0 Å². The van der Waals surface area contributed by atoms with Gasteiger partial charge in [-0.1, -0.05) is 11.3 Å². The fourth-order valence-electron chi connectivity index (χ4n) is 3.31. The van der Waals surface area contributed by atoms with Gasteiger partial charge >= 0.3 is 0 Å². The molecule has 5 rings (SSSR count). The highest BCUT2D eigenvalue weighted by Crippen LogP contribution is 2.50. The summed E-state index contributed by atoms with van der Waals surface area (Å²) in [6, 6.07) is 4.30. The number of nitrogen functional groups attached to an aromatic ring is 1. The molecule has 20 heavy (non-hydrogen) atoms. The minimum atomic E-state index is -0.807. The molecule has 2 aromatic rings. The van der Waals surface area contributed by atoms with Crippen molar-refractivity contribution in [3.05, 3.63) is 40.4 Å². The molecule has 6 heteroatoms. The minimum Gasteiger partial charge on any atom is -0.375 e. The number of benzene rings is 1. The number of piperidine rings is 1. The molecule has 0 radical (unpaired) electrons. The quantitative estimate of drug-likeness (QED) is 0.875. The summed E-state index contributed by atoms with van der Waals surface area (Å²) in [4.78, 5) is 7.77. The van der Waals surface area contributed by atoms with Crippen LogP contribution in [-0.2, 0) is 0 Å². The third-order valence-corrected chi connectivity index (χ3v) is 5.21. The van der Waals surface area contributed by atoms with E-state index in [1.54, 1.807) is 6.07 Å². The molecule has 2 bridgehead atoms. The summed E-state index contributed by atoms with van der Waals surface area (Å²) in [5.41, 5.74) is 7.66. The van der Waals surface area contributed by atoms with Crippen molar-refractivity contribution in [1.29, 1.82) is 0 Å². The Balaban J connectivity index is 1.77. The maximum Gasteiger partial charge on any atom is 0.180 e. The van der Waals surface area contributed by atoms with Crippen LogP contribution in [0.2, 0.25) is 0 Å². The highest BCUT2D eigenvalue weighted by molar-refractivity contribution is 7.15. The fraction of sp³-hybridized carbons (Fsp3) is 0.357. The zero-order valence-corrected chi connectivity index (χ0v) is 11.5. The van der Waals surface area contributed by atoms with Gasteiger partial charge in [-0.15, -0.1) is 0 Å². The first kappa shape index (κ1) is 12.1. The van der Waals surface area contributed by atoms with Gasteiger partial charge in [0.2, 0.25) is 0 Å². The van der Waals surface area contributed by atoms with E-state index in [1.807, 2.05) is 0 Å². The molecule has 1 aliphatic carbocycles. The van der Waals surface area contributed by atoms with E-state index in [4.69, 9.17) is 5.73 Å². The second kappa shape index (κ2) is 4.15. The molecule has 2 N–H and O–H groups in total. The van der Waals surface area contributed by atoms with Crippen LogP contribution in [0.1, 0.15) is 35.4 Å². The Morgan fingerprint density at radius 2 is 2.10 bits per heavy atom. The number of hydrogen-bond acceptors (Lipinski definition) is 4. The summed E-state index contributed by atoms with van der Waals surface area (Å²) in [5.74, 6) is -1.26. The van der Waals surface area contributed by atoms with Crippen LogP contribution in [0.3, 0.4) is 0 Å². The molecule has 1 saturated heterocycles. The molecule has 2 atom stereocenters. The van der Waals surface area contributed by atoms with Crippen LogP contribution in [0.25, 0.3) is 0 Å². The van der Waals surface area contributed by atoms with Gasteiger partial charge in [0.15, 0.2) is 16.8 Å². The maximum absolute atomic E-state index is 13.4. The minimum absolute atomic E-state index is 0.190. The first-order valence-electron chi connectivity index (χ1n) is 6.61. The number of anilines is 2. The molecule has 104 valence electrons. The Labute approximate surface area is 119 Å². The standard InChI is InChI=1S/C14H13F2N3S/c15-9-3-2-8(5-10(9)16)19-6-7-1-4-11(19)13-12(7)18-14(17)20-13/h2-3,5,7,11H,1,4,6H2,(H2,17,18). The molecule has 2 unspecified atom stereocenters. The molecular weight excluding hydrogens is 280 g/mol. The van der Waals surface area contributed by atoms with Gasteiger partial charge in [-0.3, -0.25) is 0 Å². The third kappa shape index (κ3) is 1.64. The van der Waals surface area contributed by atoms with Gasteiger partial charge in [-0.05, 0) is 25.0 Å². The molecule has 0 spiro atoms. The second-order valence-electron chi connectivity index (χ2n) is 5.34. The van der Waals surface area contributed by atoms with Crippen molar-refractivity contribution < 1.29 is 8.78 Å². The van der Waals surface area contributed by atoms with Crippen molar-refractivity contribution in [3.63, 3.8) is 0 Å². The van der Waals surface area contributed by atoms with Crippen LogP contribution in [0.4, 0.5) is 19.6 Å². The van der Waals surface area contributed by atoms with Crippen LogP contribution < -0.4 is 10.6 Å². The number of hydrogen-bond donors (Lipinski definition) is 1. The lowest BCUT2D eigenvalue weighted by molar-refractivity contribution is 0.388. The summed E-state index contributed by atoms with van der Waals surface area (Å²) >= 11 is 1.52. The predicted molar refractivity (Wildman–Crippen MR) is 74.9 cm³/mol. The largest absolute Gasteiger partial charge is 0.375 e. The zero-order valence-electron chi connectivity index (χ0n) is 10.6. The summed E-state index contributed by atoms with van der Waals surface area (Å²) in [7, 11) is 0. The van der Waals surface area contributed by atoms with Crippen molar-refractivity contribution in [2.24, 2.45) is 0 Å². The summed E-state index contributed by atoms with van der Waals surface area (Å²) in [6.07, 6.45) is 2.10. The monoisotopic (exact) mass is 293 g/mol. The number of nitrogens with two attached hydrogens (primary N) is 1. The van der Waals surface area contributed by atoms with Gasteiger partial charge in [0.05, 0.1) is 16.6 Å². The van der Waals surface area contributed by atoms with Crippen LogP contribution in [0.5, 0.6) is 0 Å². The van der Waals surface area contributed by atoms with Crippen LogP contribution in [-0.4, -0.2) is 11.5 Å². The van der Waals surface area contributed by atoms with E-state index in [9.17, 15) is 8.78 Å². The van der Waals surface area contributed by atoms with E-state index >= 15 is 0 Å². The normalized spacial score (nSPS) is 24.0. The number of fused-ring (bicyclic) bond motifs is 2. The second-order valence-corrected chi connectivity index (χ2v) is 6.40. The first-order chi connectivity index (χ1) is 9.63. The first-order valence-corrected chi connectivity index (χ1v) is 7.43. The Morgan fingerprint density at radius 1 is 1.25 bits per heavy atom. The molecule has 0 amide bonds. The molecule has 3 nitrogen and oxygen atoms in total. The average Bonchev–Trinajstić information content (AvgIpc) is 2.85. The number of nitrogens with zero attached hydrogens (tertiary/aromatic N) is 2. The molecule has 1 aromatic carbocycles. The van der Waals surface area contributed by atoms with Crippen molar-refractivity contribution in [2.45, 2.75) is 24.8 Å². The topological polar surface area (TPSA) is 42.1 Å². The van der Waals surface area contributed by atoms with Gasteiger partial charge in [-0.2, -0.15) is 0 Å². The lowest BCUT2D eigenvalue weighted by Gasteiger charge is -2.45. The summed E-state index contributed by atoms with van der Waals surface area (Å²) in [5, 5.41) is 0.596. The molecule has 3 heterocycles. The molecule has 2 aliphatic heterocycles. The summed E-state index contributed by atoms with van der Waals surface area (Å²) < 4.78 is 26.5. The molecule has 1 fully saturated rings. The van der Waals surface area contributed by atoms with Gasteiger partial charge in [0.25, 0.3) is 0 Å². The fourth-order valence-corrected chi connectivity index (χ4v) is 4.38. The van der Waals surface area contributed by atoms with E-state index in [1.165, 1.54) is 28.3 Å². The van der Waals surface area contributed by atoms with Crippen molar-refractivity contribution >= 4 is 22.2 Å². The van der Waals surface area contributed by atoms with Crippen LogP contribution in [0.15, 0.2) is 18.2 Å². The number of rotatable bonds is 1. The maximum atomic E-state index is 13.4. The number of halogens is 2. The van der Waals surface area contributed by atoms with Crippen LogP contribution in [0, 0.1) is 11.6 Å². The van der Waals surface area contributed by atoms with E-state index in [2.05, 4.69) is 9.88 Å². The number of thiazole rings is 1. The Bertz CT molecular complexity index is 685. The van der Waals surface area contributed by atoms with E-state index < -0.39 is 11.6 Å². The third-order valence-electron chi connectivity index (χ3n) is 4.20. The van der Waals surface area contributed by atoms with Crippen molar-refractivity contribution in [1.82, 2.24) is 4.98 Å². The van der Waals surface area contributed by atoms with E-state index in [-0.39, 0.29) is 6.04 Å². The van der Waals surface area contributed by atoms with Gasteiger partial charge in [0, 0.05) is 24.2 Å². The lowest BCUT2D eigenvalue weighted by Crippen LogP contribution is -2.42. The molecule has 1 aromatic heterocycles.